The molecule has 259 valence electrons. The number of hydrogen-bond donors (Lipinski definition) is 0. The van der Waals surface area contributed by atoms with Gasteiger partial charge in [-0.3, -0.25) is 4.98 Å². The fourth-order valence-electron chi connectivity index (χ4n) is 6.65. The van der Waals surface area contributed by atoms with Crippen LogP contribution in [0.3, 0.4) is 0 Å². The topological polar surface area (TPSA) is 56.7 Å². The Balaban J connectivity index is 0.000000188. The number of para-hydroxylation sites is 2. The van der Waals surface area contributed by atoms with Gasteiger partial charge in [-0.15, -0.1) is 17.7 Å². The van der Waals surface area contributed by atoms with E-state index < -0.39 is 13.3 Å². The third kappa shape index (κ3) is 7.50. The number of furan rings is 1. The molecule has 0 aliphatic carbocycles. The first-order valence-corrected chi connectivity index (χ1v) is 24.6. The van der Waals surface area contributed by atoms with Gasteiger partial charge in [-0.1, -0.05) is 60.3 Å². The van der Waals surface area contributed by atoms with Crippen LogP contribution in [-0.2, 0) is 33.6 Å². The molecular formula is C44H42GeIrN4O-2. The minimum Gasteiger partial charge on any atom is -0.486 e. The number of hydrogen-bond acceptors (Lipinski definition) is 4. The van der Waals surface area contributed by atoms with E-state index in [4.69, 9.17) is 19.4 Å². The first-order valence-electron chi connectivity index (χ1n) is 17.3. The first kappa shape index (κ1) is 36.4. The zero-order valence-corrected chi connectivity index (χ0v) is 34.7. The molecule has 0 spiro atoms. The number of aromatic nitrogens is 4. The van der Waals surface area contributed by atoms with Crippen molar-refractivity contribution in [1.82, 2.24) is 19.5 Å². The Morgan fingerprint density at radius 2 is 1.59 bits per heavy atom. The van der Waals surface area contributed by atoms with Crippen LogP contribution in [0.15, 0.2) is 114 Å². The standard InChI is InChI=1S/C26H18N3O.C18H24GeN.Ir/c1-16-12-13-19(25-27-21-10-6-7-11-22(21)29(25)2)24-23(16)18-14-15-20(28-26(18)30-24)17-8-4-3-5-9-17;1-14(2)11-16-12-18(15-9-7-6-8-10-15)20-13-17(16)19(3,4)5;/h3-12,14-15H,1-2H3;6-9,12-14H,11H2,1-5H3;/q2*-1;. The second kappa shape index (κ2) is 15.1. The molecule has 0 aliphatic rings. The predicted molar refractivity (Wildman–Crippen MR) is 210 cm³/mol. The zero-order chi connectivity index (χ0) is 35.0. The van der Waals surface area contributed by atoms with Crippen LogP contribution in [0.2, 0.25) is 17.3 Å². The van der Waals surface area contributed by atoms with Crippen LogP contribution >= 0.6 is 0 Å². The Morgan fingerprint density at radius 1 is 0.843 bits per heavy atom. The van der Waals surface area contributed by atoms with Gasteiger partial charge in [-0.2, -0.15) is 0 Å². The van der Waals surface area contributed by atoms with Gasteiger partial charge in [0, 0.05) is 38.1 Å². The Labute approximate surface area is 316 Å². The molecule has 4 aromatic carbocycles. The maximum atomic E-state index is 6.34. The summed E-state index contributed by atoms with van der Waals surface area (Å²) in [5.74, 6) is 8.83. The van der Waals surface area contributed by atoms with Gasteiger partial charge in [0.2, 0.25) is 5.71 Å². The van der Waals surface area contributed by atoms with Gasteiger partial charge in [0.05, 0.1) is 28.1 Å². The van der Waals surface area contributed by atoms with Crippen LogP contribution in [0.4, 0.5) is 0 Å². The molecule has 4 aromatic heterocycles. The Hall–Kier alpha value is -4.36. The molecule has 7 heteroatoms. The molecule has 0 atom stereocenters. The van der Waals surface area contributed by atoms with Crippen molar-refractivity contribution in [2.24, 2.45) is 13.0 Å². The van der Waals surface area contributed by atoms with Crippen LogP contribution in [0.1, 0.15) is 25.0 Å². The fourth-order valence-corrected chi connectivity index (χ4v) is 9.98. The second-order valence-electron chi connectivity index (χ2n) is 14.4. The van der Waals surface area contributed by atoms with Crippen molar-refractivity contribution in [3.05, 3.63) is 133 Å². The number of pyridine rings is 2. The molecule has 4 heterocycles. The summed E-state index contributed by atoms with van der Waals surface area (Å²) in [6, 6.07) is 41.5. The van der Waals surface area contributed by atoms with Crippen LogP contribution in [0.25, 0.3) is 67.0 Å². The quantitative estimate of drug-likeness (QED) is 0.123. The molecule has 51 heavy (non-hydrogen) atoms. The van der Waals surface area contributed by atoms with Crippen LogP contribution in [-0.4, -0.2) is 32.8 Å². The van der Waals surface area contributed by atoms with E-state index in [1.54, 1.807) is 4.40 Å². The monoisotopic (exact) mass is 909 g/mol. The molecule has 1 radical (unpaired) electrons. The van der Waals surface area contributed by atoms with Crippen molar-refractivity contribution in [3.8, 4) is 33.9 Å². The van der Waals surface area contributed by atoms with Crippen molar-refractivity contribution in [2.75, 3.05) is 0 Å². The largest absolute Gasteiger partial charge is 0.486 e. The molecule has 0 unspecified atom stereocenters. The molecule has 0 amide bonds. The van der Waals surface area contributed by atoms with Crippen molar-refractivity contribution in [2.45, 2.75) is 44.5 Å². The minimum atomic E-state index is -1.86. The SMILES string of the molecule is CC(C)Cc1cc(-c2[c-]cccc2)nc[c]1[Ge]([CH3])([CH3])[CH3].Cc1c[c-]c(-c2nc3ccccc3n2C)c2oc3nc(-c4ccccc4)ccc3c12.[Ir]. The summed E-state index contributed by atoms with van der Waals surface area (Å²) in [5.41, 5.74) is 11.0. The Morgan fingerprint density at radius 3 is 2.29 bits per heavy atom. The van der Waals surface area contributed by atoms with E-state index in [1.807, 2.05) is 67.7 Å². The van der Waals surface area contributed by atoms with Crippen LogP contribution in [0.5, 0.6) is 0 Å². The van der Waals surface area contributed by atoms with Crippen molar-refractivity contribution in [3.63, 3.8) is 0 Å². The number of aryl methyl sites for hydroxylation is 2. The molecule has 8 rings (SSSR count). The maximum Gasteiger partial charge on any atom is 0.216 e. The first-order chi connectivity index (χ1) is 24.1. The molecule has 0 saturated carbocycles. The smallest absolute Gasteiger partial charge is 0.216 e. The Kier molecular flexibility index (Phi) is 10.8. The number of benzene rings is 4. The summed E-state index contributed by atoms with van der Waals surface area (Å²) in [7, 11) is 2.03. The molecule has 0 aliphatic heterocycles. The Bertz CT molecular complexity index is 2440. The third-order valence-electron chi connectivity index (χ3n) is 9.10. The summed E-state index contributed by atoms with van der Waals surface area (Å²) in [6.07, 6.45) is 3.27. The number of nitrogens with zero attached hydrogens (tertiary/aromatic N) is 4. The van der Waals surface area contributed by atoms with Gasteiger partial charge in [-0.05, 0) is 24.3 Å². The number of fused-ring (bicyclic) bond motifs is 4. The molecule has 8 aromatic rings. The van der Waals surface area contributed by atoms with Crippen molar-refractivity contribution in [1.29, 1.82) is 0 Å². The van der Waals surface area contributed by atoms with E-state index in [9.17, 15) is 0 Å². The van der Waals surface area contributed by atoms with E-state index >= 15 is 0 Å². The van der Waals surface area contributed by atoms with Gasteiger partial charge in [0.1, 0.15) is 0 Å². The molecule has 0 fully saturated rings. The summed E-state index contributed by atoms with van der Waals surface area (Å²) in [6.45, 7) is 6.65. The van der Waals surface area contributed by atoms with Crippen molar-refractivity contribution < 1.29 is 24.5 Å². The molecule has 0 bridgehead atoms. The summed E-state index contributed by atoms with van der Waals surface area (Å²) in [5, 5.41) is 2.08. The van der Waals surface area contributed by atoms with Gasteiger partial charge in [0.25, 0.3) is 0 Å². The van der Waals surface area contributed by atoms with E-state index in [1.165, 1.54) is 5.56 Å². The number of imidazole rings is 1. The van der Waals surface area contributed by atoms with E-state index in [0.29, 0.717) is 11.6 Å². The van der Waals surface area contributed by atoms with E-state index in [0.717, 1.165) is 73.3 Å². The third-order valence-corrected chi connectivity index (χ3v) is 13.4. The zero-order valence-electron chi connectivity index (χ0n) is 30.2. The van der Waals surface area contributed by atoms with E-state index in [2.05, 4.69) is 103 Å². The average molecular weight is 908 g/mol. The summed E-state index contributed by atoms with van der Waals surface area (Å²) >= 11 is -1.86. The fraction of sp³-hybridized carbons (Fsp3) is 0.205. The predicted octanol–water partition coefficient (Wildman–Crippen LogP) is 10.6. The second-order valence-corrected chi connectivity index (χ2v) is 25.0. The van der Waals surface area contributed by atoms with Gasteiger partial charge >= 0.3 is 126 Å². The minimum absolute atomic E-state index is 0. The summed E-state index contributed by atoms with van der Waals surface area (Å²) < 4.78 is 9.97. The molecule has 0 N–H and O–H groups in total. The molecule has 5 nitrogen and oxygen atoms in total. The maximum absolute atomic E-state index is 6.34. The van der Waals surface area contributed by atoms with E-state index in [-0.39, 0.29) is 20.1 Å². The van der Waals surface area contributed by atoms with Crippen LogP contribution in [0, 0.1) is 25.0 Å². The normalized spacial score (nSPS) is 11.5. The molecular weight excluding hydrogens is 865 g/mol. The summed E-state index contributed by atoms with van der Waals surface area (Å²) in [4.78, 5) is 14.4. The molecule has 0 saturated heterocycles. The van der Waals surface area contributed by atoms with Gasteiger partial charge in [0.15, 0.2) is 0 Å². The number of rotatable bonds is 6. The van der Waals surface area contributed by atoms with Crippen LogP contribution < -0.4 is 4.40 Å². The van der Waals surface area contributed by atoms with Crippen molar-refractivity contribution >= 4 is 50.8 Å². The van der Waals surface area contributed by atoms with Gasteiger partial charge in [-0.25, -0.2) is 4.98 Å². The van der Waals surface area contributed by atoms with Gasteiger partial charge < -0.3 is 8.98 Å². The average Bonchev–Trinajstić information content (AvgIpc) is 3.67.